The van der Waals surface area contributed by atoms with Gasteiger partial charge in [0.15, 0.2) is 11.7 Å². The second-order valence-corrected chi connectivity index (χ2v) is 6.18. The molecule has 0 N–H and O–H groups in total. The van der Waals surface area contributed by atoms with Crippen molar-refractivity contribution < 1.29 is 4.57 Å². The summed E-state index contributed by atoms with van der Waals surface area (Å²) in [6, 6.07) is 11.0. The largest absolute Gasteiger partial charge is 0.216 e. The van der Waals surface area contributed by atoms with Gasteiger partial charge in [-0.1, -0.05) is 38.6 Å². The van der Waals surface area contributed by atoms with Gasteiger partial charge in [-0.3, -0.25) is 0 Å². The van der Waals surface area contributed by atoms with Gasteiger partial charge in [0.2, 0.25) is 5.69 Å². The van der Waals surface area contributed by atoms with E-state index in [2.05, 4.69) is 75.4 Å². The number of aromatic nitrogens is 1. The van der Waals surface area contributed by atoms with Crippen molar-refractivity contribution in [2.24, 2.45) is 0 Å². The van der Waals surface area contributed by atoms with E-state index in [0.717, 1.165) is 12.8 Å². The van der Waals surface area contributed by atoms with Crippen molar-refractivity contribution in [3.05, 3.63) is 59.8 Å². The van der Waals surface area contributed by atoms with E-state index in [0.29, 0.717) is 0 Å². The maximum atomic E-state index is 4.49. The molecule has 0 spiro atoms. The summed E-state index contributed by atoms with van der Waals surface area (Å²) in [5.41, 5.74) is 7.90. The van der Waals surface area contributed by atoms with Crippen molar-refractivity contribution in [2.45, 2.75) is 46.1 Å². The first-order valence-corrected chi connectivity index (χ1v) is 7.87. The fraction of sp³-hybridized carbons (Fsp3) is 0.350. The molecule has 21 heavy (non-hydrogen) atoms. The van der Waals surface area contributed by atoms with Crippen LogP contribution in [0, 0.1) is 13.8 Å². The molecule has 0 saturated carbocycles. The minimum atomic E-state index is 0.000463. The van der Waals surface area contributed by atoms with E-state index in [-0.39, 0.29) is 5.54 Å². The highest BCUT2D eigenvalue weighted by atomic mass is 15.1. The molecule has 0 bridgehead atoms. The quantitative estimate of drug-likeness (QED) is 0.695. The number of aryl methyl sites for hydroxylation is 2. The summed E-state index contributed by atoms with van der Waals surface area (Å²) in [7, 11) is 0. The number of rotatable bonds is 2. The van der Waals surface area contributed by atoms with E-state index in [9.17, 15) is 0 Å². The van der Waals surface area contributed by atoms with Gasteiger partial charge >= 0.3 is 0 Å². The lowest BCUT2D eigenvalue weighted by Gasteiger charge is -2.35. The van der Waals surface area contributed by atoms with Crippen LogP contribution in [0.25, 0.3) is 16.8 Å². The molecule has 0 saturated heterocycles. The first-order valence-electron chi connectivity index (χ1n) is 7.87. The summed E-state index contributed by atoms with van der Waals surface area (Å²) in [6.45, 7) is 13.4. The summed E-state index contributed by atoms with van der Waals surface area (Å²) >= 11 is 0. The molecular weight excluding hydrogens is 254 g/mol. The smallest absolute Gasteiger partial charge is 0.188 e. The van der Waals surface area contributed by atoms with Gasteiger partial charge in [-0.05, 0) is 31.5 Å². The maximum absolute atomic E-state index is 4.49. The van der Waals surface area contributed by atoms with E-state index < -0.39 is 0 Å². The highest BCUT2D eigenvalue weighted by Gasteiger charge is 2.47. The molecule has 0 aliphatic carbocycles. The minimum absolute atomic E-state index is 0.000463. The van der Waals surface area contributed by atoms with Crippen molar-refractivity contribution in [1.29, 1.82) is 0 Å². The van der Waals surface area contributed by atoms with Gasteiger partial charge in [0, 0.05) is 29.5 Å². The van der Waals surface area contributed by atoms with Gasteiger partial charge in [-0.15, -0.1) is 0 Å². The Morgan fingerprint density at radius 2 is 1.67 bits per heavy atom. The Morgan fingerprint density at radius 3 is 2.29 bits per heavy atom. The van der Waals surface area contributed by atoms with Crippen LogP contribution in [0.3, 0.4) is 0 Å². The predicted molar refractivity (Wildman–Crippen MR) is 89.1 cm³/mol. The zero-order chi connectivity index (χ0) is 15.2. The number of benzene rings is 1. The van der Waals surface area contributed by atoms with Crippen LogP contribution in [0.15, 0.2) is 43.1 Å². The van der Waals surface area contributed by atoms with Crippen LogP contribution >= 0.6 is 0 Å². The molecule has 1 aromatic heterocycles. The number of allylic oxidation sites excluding steroid dienone is 1. The lowest BCUT2D eigenvalue weighted by atomic mass is 9.75. The first kappa shape index (κ1) is 14.1. The van der Waals surface area contributed by atoms with Crippen molar-refractivity contribution in [3.63, 3.8) is 0 Å². The topological polar surface area (TPSA) is 3.88 Å². The summed E-state index contributed by atoms with van der Waals surface area (Å²) in [5, 5.41) is 0. The van der Waals surface area contributed by atoms with Crippen molar-refractivity contribution in [1.82, 2.24) is 0 Å². The monoisotopic (exact) mass is 278 g/mol. The third-order valence-corrected chi connectivity index (χ3v) is 5.09. The van der Waals surface area contributed by atoms with Crippen LogP contribution < -0.4 is 4.57 Å². The van der Waals surface area contributed by atoms with Gasteiger partial charge in [-0.25, -0.2) is 0 Å². The molecule has 0 radical (unpaired) electrons. The van der Waals surface area contributed by atoms with E-state index >= 15 is 0 Å². The number of fused-ring (bicyclic) bond motifs is 3. The van der Waals surface area contributed by atoms with Gasteiger partial charge in [0.1, 0.15) is 0 Å². The molecule has 0 atom stereocenters. The van der Waals surface area contributed by atoms with Crippen LogP contribution in [0.4, 0.5) is 0 Å². The lowest BCUT2D eigenvalue weighted by molar-refractivity contribution is -0.742. The molecule has 1 nitrogen and oxygen atoms in total. The van der Waals surface area contributed by atoms with E-state index in [4.69, 9.17) is 0 Å². The van der Waals surface area contributed by atoms with Gasteiger partial charge in [0.05, 0.1) is 5.56 Å². The minimum Gasteiger partial charge on any atom is -0.188 e. The fourth-order valence-electron chi connectivity index (χ4n) is 3.95. The second kappa shape index (κ2) is 4.84. The average molecular weight is 278 g/mol. The SMILES string of the molecule is C=C1c2ccccc2-c2c(C)cc(C)c[n+]2C1(CC)CC. The molecular formula is C20H24N+. The average Bonchev–Trinajstić information content (AvgIpc) is 2.48. The van der Waals surface area contributed by atoms with Crippen LogP contribution in [0.2, 0.25) is 0 Å². The fourth-order valence-corrected chi connectivity index (χ4v) is 3.95. The Balaban J connectivity index is 2.46. The molecule has 3 rings (SSSR count). The summed E-state index contributed by atoms with van der Waals surface area (Å²) in [5.74, 6) is 0. The number of pyridine rings is 1. The number of hydrogen-bond acceptors (Lipinski definition) is 0. The van der Waals surface area contributed by atoms with Crippen LogP contribution in [0.1, 0.15) is 43.4 Å². The zero-order valence-electron chi connectivity index (χ0n) is 13.5. The molecule has 2 aromatic rings. The summed E-state index contributed by atoms with van der Waals surface area (Å²) < 4.78 is 2.49. The third-order valence-electron chi connectivity index (χ3n) is 5.09. The highest BCUT2D eigenvalue weighted by Crippen LogP contribution is 2.44. The Hall–Kier alpha value is -1.89. The van der Waals surface area contributed by atoms with Gasteiger partial charge < -0.3 is 0 Å². The van der Waals surface area contributed by atoms with Crippen molar-refractivity contribution in [3.8, 4) is 11.3 Å². The van der Waals surface area contributed by atoms with Crippen LogP contribution in [-0.4, -0.2) is 0 Å². The Labute approximate surface area is 128 Å². The zero-order valence-corrected chi connectivity index (χ0v) is 13.5. The molecule has 108 valence electrons. The maximum Gasteiger partial charge on any atom is 0.216 e. The molecule has 1 aromatic carbocycles. The first-order chi connectivity index (χ1) is 10.0. The Bertz CT molecular complexity index is 721. The molecule has 0 amide bonds. The van der Waals surface area contributed by atoms with E-state index in [1.807, 2.05) is 0 Å². The molecule has 0 unspecified atom stereocenters. The normalized spacial score (nSPS) is 15.5. The third kappa shape index (κ3) is 1.80. The molecule has 1 heteroatoms. The number of hydrogen-bond donors (Lipinski definition) is 0. The highest BCUT2D eigenvalue weighted by molar-refractivity contribution is 5.83. The Kier molecular flexibility index (Phi) is 3.24. The molecule has 2 heterocycles. The van der Waals surface area contributed by atoms with E-state index in [1.165, 1.54) is 33.5 Å². The van der Waals surface area contributed by atoms with Crippen LogP contribution in [0.5, 0.6) is 0 Å². The summed E-state index contributed by atoms with van der Waals surface area (Å²) in [4.78, 5) is 0. The van der Waals surface area contributed by atoms with E-state index in [1.54, 1.807) is 0 Å². The van der Waals surface area contributed by atoms with Crippen molar-refractivity contribution >= 4 is 5.57 Å². The van der Waals surface area contributed by atoms with Crippen LogP contribution in [-0.2, 0) is 5.54 Å². The van der Waals surface area contributed by atoms with Crippen molar-refractivity contribution in [2.75, 3.05) is 0 Å². The lowest BCUT2D eigenvalue weighted by Crippen LogP contribution is -2.59. The Morgan fingerprint density at radius 1 is 1.05 bits per heavy atom. The van der Waals surface area contributed by atoms with Gasteiger partial charge in [0.25, 0.3) is 0 Å². The standard InChI is InChI=1S/C20H24N/c1-6-20(7-2)16(5)17-10-8-9-11-18(17)19-15(4)12-14(3)13-21(19)20/h8-13H,5-7H2,1-4H3/q+1. The molecule has 1 aliphatic heterocycles. The summed E-state index contributed by atoms with van der Waals surface area (Å²) in [6.07, 6.45) is 4.44. The molecule has 1 aliphatic rings. The predicted octanol–water partition coefficient (Wildman–Crippen LogP) is 4.80. The molecule has 0 fully saturated rings. The number of nitrogens with zero attached hydrogens (tertiary/aromatic N) is 1. The second-order valence-electron chi connectivity index (χ2n) is 6.18. The van der Waals surface area contributed by atoms with Gasteiger partial charge in [-0.2, -0.15) is 4.57 Å².